The van der Waals surface area contributed by atoms with Gasteiger partial charge < -0.3 is 10.1 Å². The lowest BCUT2D eigenvalue weighted by Gasteiger charge is -2.16. The molecule has 3 heteroatoms. The second-order valence-corrected chi connectivity index (χ2v) is 5.66. The van der Waals surface area contributed by atoms with E-state index in [2.05, 4.69) is 52.4 Å². The Bertz CT molecular complexity index is 350. The van der Waals surface area contributed by atoms with Gasteiger partial charge in [0.2, 0.25) is 0 Å². The minimum absolute atomic E-state index is 0.412. The van der Waals surface area contributed by atoms with Crippen molar-refractivity contribution in [1.29, 1.82) is 0 Å². The van der Waals surface area contributed by atoms with E-state index in [1.165, 1.54) is 18.4 Å². The van der Waals surface area contributed by atoms with Crippen LogP contribution in [0.3, 0.4) is 0 Å². The van der Waals surface area contributed by atoms with Crippen molar-refractivity contribution in [3.05, 3.63) is 34.3 Å². The Hall–Kier alpha value is -0.380. The Balaban J connectivity index is 1.74. The average Bonchev–Trinajstić information content (AvgIpc) is 2.82. The van der Waals surface area contributed by atoms with E-state index in [0.29, 0.717) is 6.04 Å². The molecule has 1 aromatic carbocycles. The molecule has 1 N–H and O–H groups in total. The molecule has 1 saturated heterocycles. The van der Waals surface area contributed by atoms with Crippen molar-refractivity contribution < 1.29 is 4.74 Å². The molecular formula is C14H20BrNO. The van der Waals surface area contributed by atoms with Gasteiger partial charge in [-0.3, -0.25) is 0 Å². The summed E-state index contributed by atoms with van der Waals surface area (Å²) in [5.41, 5.74) is 1.34. The van der Waals surface area contributed by atoms with E-state index in [1.54, 1.807) is 0 Å². The van der Waals surface area contributed by atoms with Crippen molar-refractivity contribution in [1.82, 2.24) is 5.32 Å². The first-order valence-electron chi connectivity index (χ1n) is 6.32. The molecule has 1 heterocycles. The van der Waals surface area contributed by atoms with Gasteiger partial charge in [0.25, 0.3) is 0 Å². The smallest absolute Gasteiger partial charge is 0.0495 e. The van der Waals surface area contributed by atoms with Gasteiger partial charge in [-0.2, -0.15) is 0 Å². The van der Waals surface area contributed by atoms with Crippen LogP contribution in [0.15, 0.2) is 28.7 Å². The largest absolute Gasteiger partial charge is 0.381 e. The number of rotatable bonds is 5. The highest BCUT2D eigenvalue weighted by atomic mass is 79.9. The highest BCUT2D eigenvalue weighted by Crippen LogP contribution is 2.19. The van der Waals surface area contributed by atoms with Crippen molar-refractivity contribution in [2.45, 2.75) is 25.8 Å². The zero-order valence-electron chi connectivity index (χ0n) is 10.3. The lowest BCUT2D eigenvalue weighted by molar-refractivity contribution is 0.184. The van der Waals surface area contributed by atoms with Gasteiger partial charge in [-0.05, 0) is 49.9 Å². The summed E-state index contributed by atoms with van der Waals surface area (Å²) in [5, 5.41) is 3.58. The summed E-state index contributed by atoms with van der Waals surface area (Å²) in [6, 6.07) is 8.90. The summed E-state index contributed by atoms with van der Waals surface area (Å²) < 4.78 is 6.53. The van der Waals surface area contributed by atoms with Gasteiger partial charge in [0.1, 0.15) is 0 Å². The fourth-order valence-electron chi connectivity index (χ4n) is 2.21. The fourth-order valence-corrected chi connectivity index (χ4v) is 2.63. The van der Waals surface area contributed by atoms with E-state index in [9.17, 15) is 0 Å². The van der Waals surface area contributed by atoms with Gasteiger partial charge in [-0.15, -0.1) is 0 Å². The van der Waals surface area contributed by atoms with Crippen LogP contribution in [0, 0.1) is 5.92 Å². The van der Waals surface area contributed by atoms with Crippen LogP contribution < -0.4 is 5.32 Å². The van der Waals surface area contributed by atoms with Gasteiger partial charge in [-0.1, -0.05) is 28.1 Å². The van der Waals surface area contributed by atoms with Gasteiger partial charge in [0.05, 0.1) is 0 Å². The van der Waals surface area contributed by atoms with Crippen LogP contribution in [-0.2, 0) is 4.74 Å². The summed E-state index contributed by atoms with van der Waals surface area (Å²) in [6.45, 7) is 5.19. The average molecular weight is 298 g/mol. The maximum Gasteiger partial charge on any atom is 0.0495 e. The third kappa shape index (κ3) is 4.09. The molecule has 0 radical (unpaired) electrons. The van der Waals surface area contributed by atoms with Gasteiger partial charge in [0.15, 0.2) is 0 Å². The number of ether oxygens (including phenoxy) is 1. The molecule has 2 unspecified atom stereocenters. The van der Waals surface area contributed by atoms with E-state index in [-0.39, 0.29) is 0 Å². The summed E-state index contributed by atoms with van der Waals surface area (Å²) in [6.07, 6.45) is 2.45. The van der Waals surface area contributed by atoms with Crippen molar-refractivity contribution in [2.24, 2.45) is 5.92 Å². The molecule has 1 aliphatic heterocycles. The molecule has 0 aliphatic carbocycles. The van der Waals surface area contributed by atoms with Crippen molar-refractivity contribution in [3.63, 3.8) is 0 Å². The summed E-state index contributed by atoms with van der Waals surface area (Å²) in [4.78, 5) is 0. The molecule has 2 atom stereocenters. The Morgan fingerprint density at radius 2 is 2.41 bits per heavy atom. The summed E-state index contributed by atoms with van der Waals surface area (Å²) in [5.74, 6) is 0.761. The van der Waals surface area contributed by atoms with Gasteiger partial charge >= 0.3 is 0 Å². The molecule has 0 amide bonds. The van der Waals surface area contributed by atoms with E-state index in [4.69, 9.17) is 4.74 Å². The minimum atomic E-state index is 0.412. The molecule has 2 rings (SSSR count). The molecular weight excluding hydrogens is 278 g/mol. The van der Waals surface area contributed by atoms with E-state index in [1.807, 2.05) is 0 Å². The number of benzene rings is 1. The third-order valence-electron chi connectivity index (χ3n) is 3.38. The lowest BCUT2D eigenvalue weighted by atomic mass is 10.0. The molecule has 0 spiro atoms. The summed E-state index contributed by atoms with van der Waals surface area (Å²) >= 11 is 3.51. The molecule has 0 bridgehead atoms. The number of hydrogen-bond acceptors (Lipinski definition) is 2. The molecule has 1 fully saturated rings. The first-order chi connectivity index (χ1) is 8.25. The SMILES string of the molecule is CC(NCCC1CCOC1)c1cccc(Br)c1. The second-order valence-electron chi connectivity index (χ2n) is 4.75. The Morgan fingerprint density at radius 1 is 1.53 bits per heavy atom. The topological polar surface area (TPSA) is 21.3 Å². The quantitative estimate of drug-likeness (QED) is 0.898. The predicted molar refractivity (Wildman–Crippen MR) is 74.1 cm³/mol. The molecule has 1 aromatic rings. The van der Waals surface area contributed by atoms with Crippen LogP contribution in [-0.4, -0.2) is 19.8 Å². The van der Waals surface area contributed by atoms with E-state index < -0.39 is 0 Å². The standard InChI is InChI=1S/C14H20BrNO/c1-11(13-3-2-4-14(15)9-13)16-7-5-12-6-8-17-10-12/h2-4,9,11-12,16H,5-8,10H2,1H3. The lowest BCUT2D eigenvalue weighted by Crippen LogP contribution is -2.22. The van der Waals surface area contributed by atoms with Crippen LogP contribution in [0.1, 0.15) is 31.4 Å². The zero-order valence-corrected chi connectivity index (χ0v) is 11.9. The molecule has 1 aliphatic rings. The highest BCUT2D eigenvalue weighted by Gasteiger charge is 2.15. The normalized spacial score (nSPS) is 21.6. The highest BCUT2D eigenvalue weighted by molar-refractivity contribution is 9.10. The van der Waals surface area contributed by atoms with E-state index >= 15 is 0 Å². The molecule has 2 nitrogen and oxygen atoms in total. The number of hydrogen-bond donors (Lipinski definition) is 1. The molecule has 0 aromatic heterocycles. The van der Waals surface area contributed by atoms with Crippen molar-refractivity contribution in [2.75, 3.05) is 19.8 Å². The monoisotopic (exact) mass is 297 g/mol. The van der Waals surface area contributed by atoms with Crippen LogP contribution in [0.4, 0.5) is 0 Å². The Kier molecular flexibility index (Phi) is 5.01. The number of halogens is 1. The predicted octanol–water partition coefficient (Wildman–Crippen LogP) is 3.53. The van der Waals surface area contributed by atoms with Crippen LogP contribution in [0.2, 0.25) is 0 Å². The van der Waals surface area contributed by atoms with E-state index in [0.717, 1.165) is 30.1 Å². The van der Waals surface area contributed by atoms with Gasteiger partial charge in [-0.25, -0.2) is 0 Å². The maximum atomic E-state index is 5.38. The molecule has 17 heavy (non-hydrogen) atoms. The van der Waals surface area contributed by atoms with Crippen LogP contribution >= 0.6 is 15.9 Å². The minimum Gasteiger partial charge on any atom is -0.381 e. The van der Waals surface area contributed by atoms with Crippen LogP contribution in [0.5, 0.6) is 0 Å². The summed E-state index contributed by atoms with van der Waals surface area (Å²) in [7, 11) is 0. The molecule has 94 valence electrons. The number of nitrogens with one attached hydrogen (secondary N) is 1. The first-order valence-corrected chi connectivity index (χ1v) is 7.11. The third-order valence-corrected chi connectivity index (χ3v) is 3.87. The zero-order chi connectivity index (χ0) is 12.1. The van der Waals surface area contributed by atoms with Crippen molar-refractivity contribution >= 4 is 15.9 Å². The Labute approximate surface area is 112 Å². The maximum absolute atomic E-state index is 5.38. The van der Waals surface area contributed by atoms with Gasteiger partial charge in [0, 0.05) is 23.7 Å². The fraction of sp³-hybridized carbons (Fsp3) is 0.571. The molecule has 0 saturated carbocycles. The van der Waals surface area contributed by atoms with Crippen molar-refractivity contribution in [3.8, 4) is 0 Å². The first kappa shape index (κ1) is 13.1. The Morgan fingerprint density at radius 3 is 3.12 bits per heavy atom. The van der Waals surface area contributed by atoms with Crippen LogP contribution in [0.25, 0.3) is 0 Å². The second kappa shape index (κ2) is 6.53.